The number of hydrogen-bond donors (Lipinski definition) is 2. The lowest BCUT2D eigenvalue weighted by atomic mass is 10.0. The predicted molar refractivity (Wildman–Crippen MR) is 114 cm³/mol. The first-order valence-electron chi connectivity index (χ1n) is 11.2. The summed E-state index contributed by atoms with van der Waals surface area (Å²) in [6.45, 7) is 3.77. The fourth-order valence-electron chi connectivity index (χ4n) is 3.46. The molecule has 5 nitrogen and oxygen atoms in total. The maximum Gasteiger partial charge on any atom is 0.292 e. The lowest BCUT2D eigenvalue weighted by Crippen LogP contribution is -2.43. The molecule has 1 unspecified atom stereocenters. The van der Waals surface area contributed by atoms with Gasteiger partial charge in [-0.25, -0.2) is 0 Å². The van der Waals surface area contributed by atoms with E-state index in [9.17, 15) is 13.5 Å². The third kappa shape index (κ3) is 17.6. The van der Waals surface area contributed by atoms with Crippen molar-refractivity contribution in [1.82, 2.24) is 0 Å². The molecule has 0 heterocycles. The summed E-state index contributed by atoms with van der Waals surface area (Å²) in [6, 6.07) is 0. The molecule has 164 valence electrons. The lowest BCUT2D eigenvalue weighted by molar-refractivity contribution is -0.890. The number of unbranched alkanes of at least 4 members (excludes halogenated alkanes) is 13. The van der Waals surface area contributed by atoms with Gasteiger partial charge < -0.3 is 9.59 Å². The fraction of sp³-hybridized carbons (Fsp3) is 1.00. The minimum Gasteiger partial charge on any atom is -0.375 e. The maximum atomic E-state index is 10.8. The van der Waals surface area contributed by atoms with Crippen LogP contribution in [0.2, 0.25) is 0 Å². The van der Waals surface area contributed by atoms with E-state index in [1.54, 1.807) is 0 Å². The quantitative estimate of drug-likeness (QED) is 0.176. The molecule has 0 spiro atoms. The van der Waals surface area contributed by atoms with Crippen LogP contribution in [-0.2, 0) is 10.1 Å². The minimum absolute atomic E-state index is 0.0738. The zero-order chi connectivity index (χ0) is 20.6. The van der Waals surface area contributed by atoms with E-state index in [0.29, 0.717) is 11.0 Å². The Balaban J connectivity index is 3.45. The van der Waals surface area contributed by atoms with Crippen molar-refractivity contribution in [3.05, 3.63) is 0 Å². The van der Waals surface area contributed by atoms with Crippen molar-refractivity contribution >= 4 is 10.1 Å². The van der Waals surface area contributed by atoms with Crippen LogP contribution < -0.4 is 0 Å². The van der Waals surface area contributed by atoms with Gasteiger partial charge in [0.25, 0.3) is 10.1 Å². The van der Waals surface area contributed by atoms with Crippen LogP contribution in [-0.4, -0.2) is 55.2 Å². The molecule has 0 aromatic carbocycles. The Kier molecular flexibility index (Phi) is 15.6. The molecule has 0 aromatic heterocycles. The average molecular weight is 409 g/mol. The second kappa shape index (κ2) is 15.7. The van der Waals surface area contributed by atoms with Crippen LogP contribution in [0.15, 0.2) is 0 Å². The molecule has 2 N–H and O–H groups in total. The molecule has 0 radical (unpaired) electrons. The molecule has 27 heavy (non-hydrogen) atoms. The van der Waals surface area contributed by atoms with E-state index >= 15 is 0 Å². The highest BCUT2D eigenvalue weighted by Crippen LogP contribution is 2.14. The summed E-state index contributed by atoms with van der Waals surface area (Å²) in [5.41, 5.74) is -1.66. The predicted octanol–water partition coefficient (Wildman–Crippen LogP) is 5.14. The normalized spacial score (nSPS) is 13.8. The highest BCUT2D eigenvalue weighted by molar-refractivity contribution is 7.86. The van der Waals surface area contributed by atoms with Gasteiger partial charge >= 0.3 is 0 Å². The molecule has 0 aromatic rings. The van der Waals surface area contributed by atoms with E-state index in [1.165, 1.54) is 83.5 Å². The molecule has 0 aliphatic heterocycles. The van der Waals surface area contributed by atoms with Crippen molar-refractivity contribution in [2.45, 2.75) is 109 Å². The third-order valence-corrected chi connectivity index (χ3v) is 6.37. The molecular weight excluding hydrogens is 362 g/mol. The summed E-state index contributed by atoms with van der Waals surface area (Å²) in [6.07, 6.45) is 18.8. The molecule has 0 bridgehead atoms. The van der Waals surface area contributed by atoms with Gasteiger partial charge in [0.1, 0.15) is 0 Å². The molecule has 0 saturated carbocycles. The standard InChI is InChI=1S/C21H45NO4S/c1-4-5-6-7-8-9-10-11-12-13-14-15-16-17-19-22(2,3)20-18-21(23)27(24,25)26/h21,23H,4-20H2,1-3H3/p+1. The monoisotopic (exact) mass is 408 g/mol. The zero-order valence-electron chi connectivity index (χ0n) is 18.2. The van der Waals surface area contributed by atoms with Gasteiger partial charge in [-0.3, -0.25) is 4.55 Å². The van der Waals surface area contributed by atoms with E-state index < -0.39 is 15.6 Å². The first-order chi connectivity index (χ1) is 12.7. The number of rotatable bonds is 19. The molecule has 0 amide bonds. The number of quaternary nitrogens is 1. The maximum absolute atomic E-state index is 10.8. The number of aliphatic hydroxyl groups is 1. The fourth-order valence-corrected chi connectivity index (χ4v) is 3.86. The SMILES string of the molecule is CCCCCCCCCCCCCCCC[N+](C)(C)CCC(O)S(=O)(=O)O. The van der Waals surface area contributed by atoms with E-state index in [-0.39, 0.29) is 6.42 Å². The largest absolute Gasteiger partial charge is 0.375 e. The number of hydrogen-bond acceptors (Lipinski definition) is 3. The van der Waals surface area contributed by atoms with Gasteiger partial charge in [-0.05, 0) is 12.8 Å². The second-order valence-corrected chi connectivity index (χ2v) is 10.3. The Hall–Kier alpha value is -0.170. The van der Waals surface area contributed by atoms with Gasteiger partial charge in [-0.15, -0.1) is 0 Å². The highest BCUT2D eigenvalue weighted by atomic mass is 32.2. The van der Waals surface area contributed by atoms with Crippen LogP contribution >= 0.6 is 0 Å². The molecular formula is C21H46NO4S+. The summed E-state index contributed by atoms with van der Waals surface area (Å²) in [4.78, 5) is 0. The zero-order valence-corrected chi connectivity index (χ0v) is 19.0. The summed E-state index contributed by atoms with van der Waals surface area (Å²) < 4.78 is 31.2. The van der Waals surface area contributed by atoms with E-state index in [4.69, 9.17) is 4.55 Å². The Morgan fingerprint density at radius 3 is 1.44 bits per heavy atom. The van der Waals surface area contributed by atoms with Crippen LogP contribution in [0.3, 0.4) is 0 Å². The Morgan fingerprint density at radius 1 is 0.704 bits per heavy atom. The first-order valence-corrected chi connectivity index (χ1v) is 12.7. The third-order valence-electron chi connectivity index (χ3n) is 5.44. The van der Waals surface area contributed by atoms with Crippen molar-refractivity contribution in [1.29, 1.82) is 0 Å². The minimum atomic E-state index is -4.33. The van der Waals surface area contributed by atoms with Crippen LogP contribution in [0.25, 0.3) is 0 Å². The van der Waals surface area contributed by atoms with Crippen LogP contribution in [0.1, 0.15) is 103 Å². The molecule has 0 rings (SSSR count). The smallest absolute Gasteiger partial charge is 0.292 e. The molecule has 1 atom stereocenters. The summed E-state index contributed by atoms with van der Waals surface area (Å²) in [7, 11) is -0.248. The Bertz CT molecular complexity index is 437. The van der Waals surface area contributed by atoms with Gasteiger partial charge in [0.2, 0.25) is 0 Å². The summed E-state index contributed by atoms with van der Waals surface area (Å²) >= 11 is 0. The van der Waals surface area contributed by atoms with Gasteiger partial charge in [0.05, 0.1) is 27.2 Å². The molecule has 6 heteroatoms. The Morgan fingerprint density at radius 2 is 1.07 bits per heavy atom. The number of nitrogens with zero attached hydrogens (tertiary/aromatic N) is 1. The molecule has 0 fully saturated rings. The van der Waals surface area contributed by atoms with Crippen LogP contribution in [0.4, 0.5) is 0 Å². The van der Waals surface area contributed by atoms with Crippen LogP contribution in [0, 0.1) is 0 Å². The second-order valence-electron chi connectivity index (χ2n) is 8.74. The summed E-state index contributed by atoms with van der Waals surface area (Å²) in [5, 5.41) is 9.40. The van der Waals surface area contributed by atoms with Crippen molar-refractivity contribution in [2.24, 2.45) is 0 Å². The average Bonchev–Trinajstić information content (AvgIpc) is 2.59. The van der Waals surface area contributed by atoms with Crippen LogP contribution in [0.5, 0.6) is 0 Å². The van der Waals surface area contributed by atoms with Crippen molar-refractivity contribution < 1.29 is 22.6 Å². The van der Waals surface area contributed by atoms with Gasteiger partial charge in [-0.1, -0.05) is 84.0 Å². The first kappa shape index (κ1) is 26.8. The number of aliphatic hydroxyl groups excluding tert-OH is 1. The van der Waals surface area contributed by atoms with Crippen molar-refractivity contribution in [3.8, 4) is 0 Å². The highest BCUT2D eigenvalue weighted by Gasteiger charge is 2.24. The lowest BCUT2D eigenvalue weighted by Gasteiger charge is -2.30. The van der Waals surface area contributed by atoms with E-state index in [2.05, 4.69) is 6.92 Å². The molecule has 0 saturated heterocycles. The van der Waals surface area contributed by atoms with Gasteiger partial charge in [0, 0.05) is 6.42 Å². The molecule has 0 aliphatic carbocycles. The van der Waals surface area contributed by atoms with Gasteiger partial charge in [0.15, 0.2) is 5.44 Å². The Labute approximate surface area is 168 Å². The summed E-state index contributed by atoms with van der Waals surface area (Å²) in [5.74, 6) is 0. The van der Waals surface area contributed by atoms with Gasteiger partial charge in [-0.2, -0.15) is 8.42 Å². The van der Waals surface area contributed by atoms with Crippen molar-refractivity contribution in [2.75, 3.05) is 27.2 Å². The van der Waals surface area contributed by atoms with E-state index in [0.717, 1.165) is 13.0 Å². The molecule has 0 aliphatic rings. The topological polar surface area (TPSA) is 74.6 Å². The van der Waals surface area contributed by atoms with Crippen molar-refractivity contribution in [3.63, 3.8) is 0 Å². The van der Waals surface area contributed by atoms with E-state index in [1.807, 2.05) is 14.1 Å².